The molecule has 1 atom stereocenters. The molecule has 5 nitrogen and oxygen atoms in total. The van der Waals surface area contributed by atoms with Crippen molar-refractivity contribution < 1.29 is 4.52 Å². The van der Waals surface area contributed by atoms with E-state index in [4.69, 9.17) is 4.52 Å². The first kappa shape index (κ1) is 12.2. The summed E-state index contributed by atoms with van der Waals surface area (Å²) in [6, 6.07) is 0.467. The molecule has 0 spiro atoms. The third kappa shape index (κ3) is 3.34. The molecule has 0 aliphatic heterocycles. The minimum absolute atomic E-state index is 0.467. The fourth-order valence-corrected chi connectivity index (χ4v) is 2.10. The van der Waals surface area contributed by atoms with Gasteiger partial charge in [-0.05, 0) is 19.9 Å². The van der Waals surface area contributed by atoms with E-state index in [1.54, 1.807) is 5.51 Å². The van der Waals surface area contributed by atoms with Gasteiger partial charge in [0.1, 0.15) is 5.69 Å². The summed E-state index contributed by atoms with van der Waals surface area (Å²) in [4.78, 5) is 8.47. The van der Waals surface area contributed by atoms with Gasteiger partial charge in [0.25, 0.3) is 0 Å². The first-order valence-corrected chi connectivity index (χ1v) is 6.68. The molecule has 2 rings (SSSR count). The highest BCUT2D eigenvalue weighted by Gasteiger charge is 2.10. The number of thiazole rings is 1. The lowest BCUT2D eigenvalue weighted by atomic mass is 10.2. The second kappa shape index (κ2) is 5.88. The van der Waals surface area contributed by atoms with Crippen molar-refractivity contribution in [3.05, 3.63) is 16.8 Å². The Labute approximate surface area is 104 Å². The van der Waals surface area contributed by atoms with Gasteiger partial charge in [0.05, 0.1) is 5.51 Å². The van der Waals surface area contributed by atoms with Crippen LogP contribution >= 0.6 is 11.3 Å². The van der Waals surface area contributed by atoms with Gasteiger partial charge in [0.15, 0.2) is 0 Å². The lowest BCUT2D eigenvalue weighted by Gasteiger charge is -2.09. The van der Waals surface area contributed by atoms with Gasteiger partial charge in [-0.1, -0.05) is 12.1 Å². The Hall–Kier alpha value is -1.27. The van der Waals surface area contributed by atoms with Gasteiger partial charge < -0.3 is 9.84 Å². The second-order valence-corrected chi connectivity index (χ2v) is 4.60. The predicted octanol–water partition coefficient (Wildman–Crippen LogP) is 2.12. The molecule has 1 unspecified atom stereocenters. The standard InChI is InChI=1S/C11H16N4OS/c1-3-12-8(2)4-5-10-14-11(15-16-10)9-6-17-7-13-9/h6-8,12H,3-5H2,1-2H3. The molecular formula is C11H16N4OS. The third-order valence-corrected chi connectivity index (χ3v) is 3.06. The first-order valence-electron chi connectivity index (χ1n) is 5.74. The number of aromatic nitrogens is 3. The molecule has 6 heteroatoms. The van der Waals surface area contributed by atoms with Crippen LogP contribution in [0.1, 0.15) is 26.2 Å². The van der Waals surface area contributed by atoms with Crippen LogP contribution in [0, 0.1) is 0 Å². The van der Waals surface area contributed by atoms with Gasteiger partial charge in [-0.25, -0.2) is 4.98 Å². The monoisotopic (exact) mass is 252 g/mol. The van der Waals surface area contributed by atoms with Gasteiger partial charge >= 0.3 is 0 Å². The van der Waals surface area contributed by atoms with E-state index in [0.717, 1.165) is 25.1 Å². The van der Waals surface area contributed by atoms with Crippen molar-refractivity contribution in [3.8, 4) is 11.5 Å². The number of nitrogens with one attached hydrogen (secondary N) is 1. The Morgan fingerprint density at radius 3 is 3.12 bits per heavy atom. The molecule has 0 fully saturated rings. The lowest BCUT2D eigenvalue weighted by molar-refractivity contribution is 0.368. The summed E-state index contributed by atoms with van der Waals surface area (Å²) in [5.41, 5.74) is 2.54. The van der Waals surface area contributed by atoms with E-state index < -0.39 is 0 Å². The molecule has 0 aliphatic carbocycles. The summed E-state index contributed by atoms with van der Waals surface area (Å²) in [7, 11) is 0. The van der Waals surface area contributed by atoms with Gasteiger partial charge in [-0.15, -0.1) is 11.3 Å². The molecule has 92 valence electrons. The zero-order valence-corrected chi connectivity index (χ0v) is 10.8. The van der Waals surface area contributed by atoms with E-state index in [2.05, 4.69) is 34.3 Å². The molecule has 0 saturated heterocycles. The molecule has 2 aromatic rings. The predicted molar refractivity (Wildman–Crippen MR) is 66.9 cm³/mol. The van der Waals surface area contributed by atoms with Crippen LogP contribution in [0.4, 0.5) is 0 Å². The highest BCUT2D eigenvalue weighted by molar-refractivity contribution is 7.07. The Kier molecular flexibility index (Phi) is 4.22. The second-order valence-electron chi connectivity index (χ2n) is 3.88. The summed E-state index contributed by atoms with van der Waals surface area (Å²) >= 11 is 1.53. The maximum atomic E-state index is 5.19. The van der Waals surface area contributed by atoms with Gasteiger partial charge in [-0.2, -0.15) is 4.98 Å². The van der Waals surface area contributed by atoms with Crippen LogP contribution in [0.5, 0.6) is 0 Å². The molecule has 0 aromatic carbocycles. The number of hydrogen-bond acceptors (Lipinski definition) is 6. The molecule has 0 amide bonds. The van der Waals surface area contributed by atoms with Crippen LogP contribution in [-0.4, -0.2) is 27.7 Å². The average molecular weight is 252 g/mol. The Morgan fingerprint density at radius 1 is 1.53 bits per heavy atom. The van der Waals surface area contributed by atoms with Crippen LogP contribution < -0.4 is 5.32 Å². The van der Waals surface area contributed by atoms with Crippen molar-refractivity contribution >= 4 is 11.3 Å². The summed E-state index contributed by atoms with van der Waals surface area (Å²) in [6.45, 7) is 5.24. The van der Waals surface area contributed by atoms with Gasteiger partial charge in [0, 0.05) is 17.8 Å². The van der Waals surface area contributed by atoms with Crippen molar-refractivity contribution in [1.82, 2.24) is 20.4 Å². The minimum atomic E-state index is 0.467. The average Bonchev–Trinajstić information content (AvgIpc) is 2.97. The summed E-state index contributed by atoms with van der Waals surface area (Å²) in [6.07, 6.45) is 1.79. The number of aryl methyl sites for hydroxylation is 1. The van der Waals surface area contributed by atoms with E-state index >= 15 is 0 Å². The van der Waals surface area contributed by atoms with Crippen molar-refractivity contribution in [2.45, 2.75) is 32.7 Å². The number of hydrogen-bond donors (Lipinski definition) is 1. The number of nitrogens with zero attached hydrogens (tertiary/aromatic N) is 3. The summed E-state index contributed by atoms with van der Waals surface area (Å²) < 4.78 is 5.19. The minimum Gasteiger partial charge on any atom is -0.339 e. The molecule has 2 aromatic heterocycles. The van der Waals surface area contributed by atoms with Crippen LogP contribution in [-0.2, 0) is 6.42 Å². The van der Waals surface area contributed by atoms with Gasteiger partial charge in [-0.3, -0.25) is 0 Å². The van der Waals surface area contributed by atoms with E-state index in [-0.39, 0.29) is 0 Å². The molecule has 1 N–H and O–H groups in total. The topological polar surface area (TPSA) is 63.8 Å². The summed E-state index contributed by atoms with van der Waals surface area (Å²) in [5, 5.41) is 9.18. The Balaban J connectivity index is 1.91. The van der Waals surface area contributed by atoms with E-state index in [9.17, 15) is 0 Å². The molecule has 0 bridgehead atoms. The third-order valence-electron chi connectivity index (χ3n) is 2.47. The highest BCUT2D eigenvalue weighted by atomic mass is 32.1. The summed E-state index contributed by atoms with van der Waals surface area (Å²) in [5.74, 6) is 1.26. The smallest absolute Gasteiger partial charge is 0.227 e. The van der Waals surface area contributed by atoms with Crippen molar-refractivity contribution in [2.75, 3.05) is 6.54 Å². The molecule has 2 heterocycles. The zero-order valence-electron chi connectivity index (χ0n) is 10.0. The SMILES string of the molecule is CCNC(C)CCc1nc(-c2cscn2)no1. The highest BCUT2D eigenvalue weighted by Crippen LogP contribution is 2.15. The lowest BCUT2D eigenvalue weighted by Crippen LogP contribution is -2.25. The molecule has 17 heavy (non-hydrogen) atoms. The van der Waals surface area contributed by atoms with Crippen molar-refractivity contribution in [1.29, 1.82) is 0 Å². The first-order chi connectivity index (χ1) is 8.29. The van der Waals surface area contributed by atoms with Crippen LogP contribution in [0.3, 0.4) is 0 Å². The van der Waals surface area contributed by atoms with Crippen LogP contribution in [0.2, 0.25) is 0 Å². The quantitative estimate of drug-likeness (QED) is 0.853. The van der Waals surface area contributed by atoms with Crippen LogP contribution in [0.25, 0.3) is 11.5 Å². The molecule has 0 aliphatic rings. The van der Waals surface area contributed by atoms with Crippen molar-refractivity contribution in [3.63, 3.8) is 0 Å². The largest absolute Gasteiger partial charge is 0.339 e. The normalized spacial score (nSPS) is 12.8. The van der Waals surface area contributed by atoms with Crippen LogP contribution in [0.15, 0.2) is 15.4 Å². The van der Waals surface area contributed by atoms with E-state index in [1.165, 1.54) is 11.3 Å². The van der Waals surface area contributed by atoms with Gasteiger partial charge in [0.2, 0.25) is 11.7 Å². The maximum Gasteiger partial charge on any atom is 0.227 e. The van der Waals surface area contributed by atoms with E-state index in [0.29, 0.717) is 17.8 Å². The maximum absolute atomic E-state index is 5.19. The van der Waals surface area contributed by atoms with Crippen molar-refractivity contribution in [2.24, 2.45) is 0 Å². The Morgan fingerprint density at radius 2 is 2.41 bits per heavy atom. The zero-order chi connectivity index (χ0) is 12.1. The Bertz CT molecular complexity index is 440. The fourth-order valence-electron chi connectivity index (χ4n) is 1.57. The molecule has 0 radical (unpaired) electrons. The van der Waals surface area contributed by atoms with E-state index in [1.807, 2.05) is 5.38 Å². The fraction of sp³-hybridized carbons (Fsp3) is 0.545. The molecule has 0 saturated carbocycles. The molecular weight excluding hydrogens is 236 g/mol. The number of rotatable bonds is 6.